The third-order valence-electron chi connectivity index (χ3n) is 3.69. The minimum atomic E-state index is -0.551. The van der Waals surface area contributed by atoms with Crippen LogP contribution >= 0.6 is 0 Å². The Labute approximate surface area is 128 Å². The monoisotopic (exact) mass is 293 g/mol. The molecule has 1 atom stereocenters. The van der Waals surface area contributed by atoms with Crippen LogP contribution in [0.25, 0.3) is 0 Å². The molecule has 4 heteroatoms. The molecule has 0 N–H and O–H groups in total. The molecule has 0 saturated carbocycles. The Balaban J connectivity index is 2.19. The Bertz CT molecular complexity index is 761. The summed E-state index contributed by atoms with van der Waals surface area (Å²) in [5.74, 6) is 0.404. The number of benzene rings is 2. The lowest BCUT2D eigenvalue weighted by Gasteiger charge is -2.28. The second-order valence-corrected chi connectivity index (χ2v) is 4.99. The fourth-order valence-corrected chi connectivity index (χ4v) is 2.80. The molecule has 1 aliphatic heterocycles. The van der Waals surface area contributed by atoms with Crippen molar-refractivity contribution in [2.24, 2.45) is 0 Å². The topological polar surface area (TPSA) is 59.3 Å². The first-order valence-corrected chi connectivity index (χ1v) is 7.18. The Morgan fingerprint density at radius 2 is 2.00 bits per heavy atom. The van der Waals surface area contributed by atoms with Gasteiger partial charge in [-0.25, -0.2) is 0 Å². The SMILES string of the molecule is CCOC(=O)[C@H]1c2ccccc2Oc2cccc(CC#N)c21. The minimum absolute atomic E-state index is 0.227. The zero-order valence-corrected chi connectivity index (χ0v) is 12.2. The fourth-order valence-electron chi connectivity index (χ4n) is 2.80. The maximum atomic E-state index is 12.5. The van der Waals surface area contributed by atoms with Crippen molar-refractivity contribution in [1.29, 1.82) is 5.26 Å². The van der Waals surface area contributed by atoms with E-state index in [0.717, 1.165) is 16.7 Å². The number of nitrogens with zero attached hydrogens (tertiary/aromatic N) is 1. The van der Waals surface area contributed by atoms with Gasteiger partial charge in [-0.1, -0.05) is 30.3 Å². The van der Waals surface area contributed by atoms with Crippen molar-refractivity contribution in [1.82, 2.24) is 0 Å². The number of hydrogen-bond donors (Lipinski definition) is 0. The van der Waals surface area contributed by atoms with E-state index in [-0.39, 0.29) is 12.4 Å². The maximum Gasteiger partial charge on any atom is 0.318 e. The molecule has 0 saturated heterocycles. The number of rotatable bonds is 3. The van der Waals surface area contributed by atoms with Gasteiger partial charge in [-0.15, -0.1) is 0 Å². The maximum absolute atomic E-state index is 12.5. The number of nitriles is 1. The summed E-state index contributed by atoms with van der Waals surface area (Å²) >= 11 is 0. The summed E-state index contributed by atoms with van der Waals surface area (Å²) in [6, 6.07) is 15.1. The fraction of sp³-hybridized carbons (Fsp3) is 0.222. The summed E-state index contributed by atoms with van der Waals surface area (Å²) in [4.78, 5) is 12.5. The smallest absolute Gasteiger partial charge is 0.318 e. The molecule has 0 radical (unpaired) electrons. The highest BCUT2D eigenvalue weighted by Crippen LogP contribution is 2.46. The van der Waals surface area contributed by atoms with E-state index in [1.165, 1.54) is 0 Å². The molecule has 2 aromatic rings. The van der Waals surface area contributed by atoms with Crippen LogP contribution in [0.5, 0.6) is 11.5 Å². The molecule has 22 heavy (non-hydrogen) atoms. The van der Waals surface area contributed by atoms with Crippen molar-refractivity contribution < 1.29 is 14.3 Å². The highest BCUT2D eigenvalue weighted by atomic mass is 16.5. The Morgan fingerprint density at radius 3 is 2.77 bits per heavy atom. The molecule has 0 aliphatic carbocycles. The second-order valence-electron chi connectivity index (χ2n) is 4.99. The average Bonchev–Trinajstić information content (AvgIpc) is 2.53. The molecule has 0 fully saturated rings. The van der Waals surface area contributed by atoms with E-state index in [1.54, 1.807) is 6.92 Å². The number of esters is 1. The van der Waals surface area contributed by atoms with Crippen LogP contribution in [-0.2, 0) is 16.0 Å². The van der Waals surface area contributed by atoms with E-state index in [1.807, 2.05) is 42.5 Å². The molecule has 1 heterocycles. The normalized spacial score (nSPS) is 15.0. The molecule has 0 bridgehead atoms. The minimum Gasteiger partial charge on any atom is -0.465 e. The van der Waals surface area contributed by atoms with Gasteiger partial charge in [-0.2, -0.15) is 5.26 Å². The van der Waals surface area contributed by atoms with Crippen LogP contribution < -0.4 is 4.74 Å². The van der Waals surface area contributed by atoms with E-state index >= 15 is 0 Å². The lowest BCUT2D eigenvalue weighted by Crippen LogP contribution is -2.22. The van der Waals surface area contributed by atoms with Crippen LogP contribution in [0.3, 0.4) is 0 Å². The number of para-hydroxylation sites is 1. The number of ether oxygens (including phenoxy) is 2. The van der Waals surface area contributed by atoms with Gasteiger partial charge in [0.05, 0.1) is 19.1 Å². The number of carbonyl (C=O) groups is 1. The predicted molar refractivity (Wildman–Crippen MR) is 80.8 cm³/mol. The van der Waals surface area contributed by atoms with Crippen molar-refractivity contribution in [3.05, 3.63) is 59.2 Å². The van der Waals surface area contributed by atoms with Crippen molar-refractivity contribution in [3.8, 4) is 17.6 Å². The molecular formula is C18H15NO3. The van der Waals surface area contributed by atoms with Crippen molar-refractivity contribution in [3.63, 3.8) is 0 Å². The summed E-state index contributed by atoms with van der Waals surface area (Å²) in [5, 5.41) is 9.04. The van der Waals surface area contributed by atoms with Gasteiger partial charge in [0, 0.05) is 11.1 Å². The molecule has 0 amide bonds. The van der Waals surface area contributed by atoms with Gasteiger partial charge in [0.2, 0.25) is 0 Å². The number of fused-ring (bicyclic) bond motifs is 2. The Hall–Kier alpha value is -2.80. The van der Waals surface area contributed by atoms with Crippen LogP contribution in [-0.4, -0.2) is 12.6 Å². The van der Waals surface area contributed by atoms with Crippen molar-refractivity contribution >= 4 is 5.97 Å². The molecule has 2 aromatic carbocycles. The molecule has 4 nitrogen and oxygen atoms in total. The summed E-state index contributed by atoms with van der Waals surface area (Å²) in [6.07, 6.45) is 0.227. The highest BCUT2D eigenvalue weighted by molar-refractivity contribution is 5.86. The first kappa shape index (κ1) is 14.2. The van der Waals surface area contributed by atoms with Gasteiger partial charge in [-0.05, 0) is 24.6 Å². The predicted octanol–water partition coefficient (Wildman–Crippen LogP) is 3.55. The van der Waals surface area contributed by atoms with Crippen LogP contribution in [0.4, 0.5) is 0 Å². The summed E-state index contributed by atoms with van der Waals surface area (Å²) in [5.41, 5.74) is 2.31. The Morgan fingerprint density at radius 1 is 1.23 bits per heavy atom. The van der Waals surface area contributed by atoms with Crippen LogP contribution in [0.15, 0.2) is 42.5 Å². The molecule has 110 valence electrons. The molecule has 0 spiro atoms. The number of carbonyl (C=O) groups excluding carboxylic acids is 1. The highest BCUT2D eigenvalue weighted by Gasteiger charge is 2.35. The van der Waals surface area contributed by atoms with Crippen LogP contribution in [0, 0.1) is 11.3 Å². The Kier molecular flexibility index (Phi) is 3.80. The summed E-state index contributed by atoms with van der Waals surface area (Å²) in [6.45, 7) is 2.10. The molecule has 3 rings (SSSR count). The zero-order chi connectivity index (χ0) is 15.5. The van der Waals surface area contributed by atoms with E-state index in [2.05, 4.69) is 6.07 Å². The average molecular weight is 293 g/mol. The molecular weight excluding hydrogens is 278 g/mol. The van der Waals surface area contributed by atoms with Gasteiger partial charge < -0.3 is 9.47 Å². The standard InChI is InChI=1S/C18H15NO3/c1-2-21-18(20)17-13-7-3-4-8-14(13)22-15-9-5-6-12(10-11-19)16(15)17/h3-9,17H,2,10H2,1H3/t17-/m0/s1. The van der Waals surface area contributed by atoms with E-state index < -0.39 is 5.92 Å². The van der Waals surface area contributed by atoms with Gasteiger partial charge >= 0.3 is 5.97 Å². The van der Waals surface area contributed by atoms with Crippen LogP contribution in [0.2, 0.25) is 0 Å². The first-order chi connectivity index (χ1) is 10.8. The lowest BCUT2D eigenvalue weighted by atomic mass is 9.84. The van der Waals surface area contributed by atoms with E-state index in [4.69, 9.17) is 14.7 Å². The third kappa shape index (κ3) is 2.31. The molecule has 0 aromatic heterocycles. The first-order valence-electron chi connectivity index (χ1n) is 7.18. The molecule has 0 unspecified atom stereocenters. The third-order valence-corrected chi connectivity index (χ3v) is 3.69. The quantitative estimate of drug-likeness (QED) is 0.812. The largest absolute Gasteiger partial charge is 0.465 e. The zero-order valence-electron chi connectivity index (χ0n) is 12.2. The second kappa shape index (κ2) is 5.90. The summed E-state index contributed by atoms with van der Waals surface area (Å²) in [7, 11) is 0. The summed E-state index contributed by atoms with van der Waals surface area (Å²) < 4.78 is 11.2. The van der Waals surface area contributed by atoms with Gasteiger partial charge in [0.25, 0.3) is 0 Å². The van der Waals surface area contributed by atoms with Crippen LogP contribution in [0.1, 0.15) is 29.5 Å². The number of hydrogen-bond acceptors (Lipinski definition) is 4. The molecule has 1 aliphatic rings. The van der Waals surface area contributed by atoms with E-state index in [0.29, 0.717) is 18.1 Å². The van der Waals surface area contributed by atoms with Gasteiger partial charge in [-0.3, -0.25) is 4.79 Å². The van der Waals surface area contributed by atoms with Crippen molar-refractivity contribution in [2.45, 2.75) is 19.3 Å². The van der Waals surface area contributed by atoms with Gasteiger partial charge in [0.15, 0.2) is 0 Å². The lowest BCUT2D eigenvalue weighted by molar-refractivity contribution is -0.144. The van der Waals surface area contributed by atoms with E-state index in [9.17, 15) is 4.79 Å². The van der Waals surface area contributed by atoms with Crippen molar-refractivity contribution in [2.75, 3.05) is 6.61 Å². The van der Waals surface area contributed by atoms with Gasteiger partial charge in [0.1, 0.15) is 17.4 Å².